The Balaban J connectivity index is 1.48. The molecule has 0 spiro atoms. The van der Waals surface area contributed by atoms with Gasteiger partial charge < -0.3 is 24.4 Å². The number of carbonyl (C=O) groups is 2. The number of fused-ring (bicyclic) bond motifs is 1. The van der Waals surface area contributed by atoms with E-state index in [1.165, 1.54) is 7.11 Å². The number of benzene rings is 1. The Kier molecular flexibility index (Phi) is 6.61. The Morgan fingerprint density at radius 1 is 1.14 bits per heavy atom. The Bertz CT molecular complexity index is 701. The van der Waals surface area contributed by atoms with Crippen LogP contribution in [0.5, 0.6) is 11.5 Å². The summed E-state index contributed by atoms with van der Waals surface area (Å²) in [7, 11) is 1.34. The summed E-state index contributed by atoms with van der Waals surface area (Å²) in [6.45, 7) is 7.87. The molecule has 8 nitrogen and oxygen atoms in total. The zero-order valence-corrected chi connectivity index (χ0v) is 16.8. The standard InChI is InChI=1S/C20H29N3O5/c1-14(2)10-16(19(24)26-3)21-20(25)23-8-6-22(7-9-23)12-15-4-5-17-18(11-15)28-13-27-17/h4-5,11,14,16H,6-10,12-13H2,1-3H3,(H,21,25). The third-order valence-corrected chi connectivity index (χ3v) is 4.99. The molecule has 1 aromatic carbocycles. The Labute approximate surface area is 165 Å². The van der Waals surface area contributed by atoms with Gasteiger partial charge in [0.2, 0.25) is 6.79 Å². The van der Waals surface area contributed by atoms with Crippen molar-refractivity contribution >= 4 is 12.0 Å². The molecule has 1 unspecified atom stereocenters. The van der Waals surface area contributed by atoms with Gasteiger partial charge in [0.1, 0.15) is 6.04 Å². The highest BCUT2D eigenvalue weighted by atomic mass is 16.7. The van der Waals surface area contributed by atoms with Gasteiger partial charge in [-0.3, -0.25) is 4.90 Å². The molecule has 0 aromatic heterocycles. The molecule has 0 bridgehead atoms. The van der Waals surface area contributed by atoms with E-state index in [1.807, 2.05) is 32.0 Å². The molecule has 2 aliphatic rings. The molecule has 1 saturated heterocycles. The van der Waals surface area contributed by atoms with E-state index in [1.54, 1.807) is 4.90 Å². The summed E-state index contributed by atoms with van der Waals surface area (Å²) >= 11 is 0. The second-order valence-corrected chi connectivity index (χ2v) is 7.61. The van der Waals surface area contributed by atoms with Crippen molar-refractivity contribution in [3.05, 3.63) is 23.8 Å². The summed E-state index contributed by atoms with van der Waals surface area (Å²) in [6.07, 6.45) is 0.558. The molecule has 1 N–H and O–H groups in total. The van der Waals surface area contributed by atoms with E-state index < -0.39 is 12.0 Å². The largest absolute Gasteiger partial charge is 0.467 e. The first-order valence-corrected chi connectivity index (χ1v) is 9.70. The van der Waals surface area contributed by atoms with E-state index in [9.17, 15) is 9.59 Å². The SMILES string of the molecule is COC(=O)C(CC(C)C)NC(=O)N1CCN(Cc2ccc3c(c2)OCO3)CC1. The minimum absolute atomic E-state index is 0.209. The fourth-order valence-corrected chi connectivity index (χ4v) is 3.47. The van der Waals surface area contributed by atoms with Crippen molar-refractivity contribution in [2.24, 2.45) is 5.92 Å². The van der Waals surface area contributed by atoms with Gasteiger partial charge in [0.25, 0.3) is 0 Å². The van der Waals surface area contributed by atoms with E-state index in [0.29, 0.717) is 19.5 Å². The number of ether oxygens (including phenoxy) is 3. The van der Waals surface area contributed by atoms with Crippen LogP contribution in [0.15, 0.2) is 18.2 Å². The molecule has 1 atom stereocenters. The third kappa shape index (κ3) is 5.07. The molecular formula is C20H29N3O5. The van der Waals surface area contributed by atoms with Crippen LogP contribution in [0.4, 0.5) is 4.79 Å². The van der Waals surface area contributed by atoms with Crippen LogP contribution in [0.2, 0.25) is 0 Å². The average Bonchev–Trinajstić information content (AvgIpc) is 3.14. The molecule has 2 amide bonds. The average molecular weight is 391 g/mol. The summed E-state index contributed by atoms with van der Waals surface area (Å²) in [5.74, 6) is 1.45. The number of methoxy groups -OCH3 is 1. The maximum Gasteiger partial charge on any atom is 0.328 e. The van der Waals surface area contributed by atoms with Crippen molar-refractivity contribution in [3.63, 3.8) is 0 Å². The van der Waals surface area contributed by atoms with Crippen LogP contribution in [0.3, 0.4) is 0 Å². The molecular weight excluding hydrogens is 362 g/mol. The highest BCUT2D eigenvalue weighted by Gasteiger charge is 2.27. The molecule has 0 saturated carbocycles. The molecule has 154 valence electrons. The Morgan fingerprint density at radius 2 is 1.86 bits per heavy atom. The smallest absolute Gasteiger partial charge is 0.328 e. The van der Waals surface area contributed by atoms with Crippen LogP contribution in [0.25, 0.3) is 0 Å². The van der Waals surface area contributed by atoms with Gasteiger partial charge in [0.15, 0.2) is 11.5 Å². The lowest BCUT2D eigenvalue weighted by atomic mass is 10.0. The second kappa shape index (κ2) is 9.14. The zero-order chi connectivity index (χ0) is 20.1. The van der Waals surface area contributed by atoms with Crippen LogP contribution < -0.4 is 14.8 Å². The van der Waals surface area contributed by atoms with Gasteiger partial charge in [0.05, 0.1) is 7.11 Å². The van der Waals surface area contributed by atoms with Crippen LogP contribution in [-0.4, -0.2) is 67.9 Å². The normalized spacial score (nSPS) is 17.5. The molecule has 2 heterocycles. The highest BCUT2D eigenvalue weighted by Crippen LogP contribution is 2.32. The molecule has 0 aliphatic carbocycles. The Morgan fingerprint density at radius 3 is 2.54 bits per heavy atom. The summed E-state index contributed by atoms with van der Waals surface area (Å²) < 4.78 is 15.6. The lowest BCUT2D eigenvalue weighted by molar-refractivity contribution is -0.143. The number of urea groups is 1. The summed E-state index contributed by atoms with van der Waals surface area (Å²) in [5.41, 5.74) is 1.16. The molecule has 3 rings (SSSR count). The molecule has 1 aromatic rings. The first-order valence-electron chi connectivity index (χ1n) is 9.70. The molecule has 8 heteroatoms. The number of esters is 1. The summed E-state index contributed by atoms with van der Waals surface area (Å²) in [6, 6.07) is 5.17. The lowest BCUT2D eigenvalue weighted by Gasteiger charge is -2.35. The van der Waals surface area contributed by atoms with Gasteiger partial charge in [-0.25, -0.2) is 9.59 Å². The first kappa shape index (κ1) is 20.3. The van der Waals surface area contributed by atoms with Gasteiger partial charge >= 0.3 is 12.0 Å². The quantitative estimate of drug-likeness (QED) is 0.746. The predicted molar refractivity (Wildman–Crippen MR) is 103 cm³/mol. The van der Waals surface area contributed by atoms with Crippen molar-refractivity contribution in [1.82, 2.24) is 15.1 Å². The van der Waals surface area contributed by atoms with Crippen molar-refractivity contribution in [2.45, 2.75) is 32.9 Å². The van der Waals surface area contributed by atoms with E-state index >= 15 is 0 Å². The van der Waals surface area contributed by atoms with Gasteiger partial charge in [-0.15, -0.1) is 0 Å². The molecule has 1 fully saturated rings. The minimum atomic E-state index is -0.607. The molecule has 0 radical (unpaired) electrons. The number of hydrogen-bond donors (Lipinski definition) is 1. The predicted octanol–water partition coefficient (Wildman–Crippen LogP) is 1.83. The fraction of sp³-hybridized carbons (Fsp3) is 0.600. The fourth-order valence-electron chi connectivity index (χ4n) is 3.47. The number of nitrogens with one attached hydrogen (secondary N) is 1. The van der Waals surface area contributed by atoms with Crippen molar-refractivity contribution in [1.29, 1.82) is 0 Å². The van der Waals surface area contributed by atoms with Crippen LogP contribution in [-0.2, 0) is 16.1 Å². The Hall–Kier alpha value is -2.48. The maximum absolute atomic E-state index is 12.6. The number of carbonyl (C=O) groups excluding carboxylic acids is 2. The monoisotopic (exact) mass is 391 g/mol. The van der Waals surface area contributed by atoms with E-state index in [-0.39, 0.29) is 18.7 Å². The third-order valence-electron chi connectivity index (χ3n) is 4.99. The van der Waals surface area contributed by atoms with Gasteiger partial charge in [-0.05, 0) is 30.0 Å². The van der Waals surface area contributed by atoms with Crippen LogP contribution in [0, 0.1) is 5.92 Å². The number of hydrogen-bond acceptors (Lipinski definition) is 6. The summed E-state index contributed by atoms with van der Waals surface area (Å²) in [4.78, 5) is 28.5. The summed E-state index contributed by atoms with van der Waals surface area (Å²) in [5, 5.41) is 2.83. The number of rotatable bonds is 6. The topological polar surface area (TPSA) is 80.3 Å². The number of piperazine rings is 1. The molecule has 2 aliphatic heterocycles. The van der Waals surface area contributed by atoms with Crippen molar-refractivity contribution in [3.8, 4) is 11.5 Å². The van der Waals surface area contributed by atoms with E-state index in [2.05, 4.69) is 10.2 Å². The number of amides is 2. The van der Waals surface area contributed by atoms with Gasteiger partial charge in [-0.1, -0.05) is 19.9 Å². The van der Waals surface area contributed by atoms with Gasteiger partial charge in [-0.2, -0.15) is 0 Å². The second-order valence-electron chi connectivity index (χ2n) is 7.61. The zero-order valence-electron chi connectivity index (χ0n) is 16.8. The van der Waals surface area contributed by atoms with Crippen LogP contribution >= 0.6 is 0 Å². The van der Waals surface area contributed by atoms with E-state index in [0.717, 1.165) is 36.7 Å². The van der Waals surface area contributed by atoms with Gasteiger partial charge in [0, 0.05) is 32.7 Å². The highest BCUT2D eigenvalue weighted by molar-refractivity contribution is 5.83. The first-order chi connectivity index (χ1) is 13.5. The molecule has 28 heavy (non-hydrogen) atoms. The van der Waals surface area contributed by atoms with E-state index in [4.69, 9.17) is 14.2 Å². The maximum atomic E-state index is 12.6. The van der Waals surface area contributed by atoms with Crippen molar-refractivity contribution in [2.75, 3.05) is 40.1 Å². The van der Waals surface area contributed by atoms with Crippen molar-refractivity contribution < 1.29 is 23.8 Å². The van der Waals surface area contributed by atoms with Crippen LogP contribution in [0.1, 0.15) is 25.8 Å². The lowest BCUT2D eigenvalue weighted by Crippen LogP contribution is -2.54. The number of nitrogens with zero attached hydrogens (tertiary/aromatic N) is 2. The minimum Gasteiger partial charge on any atom is -0.467 e.